The van der Waals surface area contributed by atoms with Gasteiger partial charge in [0.25, 0.3) is 0 Å². The van der Waals surface area contributed by atoms with Crippen molar-refractivity contribution in [3.63, 3.8) is 0 Å². The lowest BCUT2D eigenvalue weighted by molar-refractivity contribution is -0.146. The van der Waals surface area contributed by atoms with Gasteiger partial charge in [-0.25, -0.2) is 0 Å². The number of hydrogen-bond donors (Lipinski definition) is 3. The first-order valence-corrected chi connectivity index (χ1v) is 3.89. The topological polar surface area (TPSA) is 66.8 Å². The molecule has 66 valence electrons. The van der Waals surface area contributed by atoms with Crippen LogP contribution in [0, 0.1) is 0 Å². The predicted octanol–water partition coefficient (Wildman–Crippen LogP) is -0.797. The molecule has 0 saturated heterocycles. The Morgan fingerprint density at radius 3 is 2.73 bits per heavy atom. The molecule has 4 nitrogen and oxygen atoms in total. The van der Waals surface area contributed by atoms with Gasteiger partial charge in [0.05, 0.1) is 13.0 Å². The minimum atomic E-state index is -0.973. The lowest BCUT2D eigenvalue weighted by atomic mass is 10.4. The van der Waals surface area contributed by atoms with E-state index in [1.165, 1.54) is 0 Å². The number of carbonyl (C=O) groups is 1. The quantitative estimate of drug-likeness (QED) is 0.383. The smallest absolute Gasteiger partial charge is 0.306 e. The number of rotatable bonds is 5. The molecule has 0 rings (SSSR count). The van der Waals surface area contributed by atoms with Crippen molar-refractivity contribution in [1.82, 2.24) is 0 Å². The Balaban J connectivity index is 3.30. The molecule has 0 aromatic rings. The highest BCUT2D eigenvalue weighted by Gasteiger charge is 2.05. The van der Waals surface area contributed by atoms with E-state index in [4.69, 9.17) is 10.2 Å². The summed E-state index contributed by atoms with van der Waals surface area (Å²) >= 11 is 3.81. The third-order valence-electron chi connectivity index (χ3n) is 0.963. The van der Waals surface area contributed by atoms with E-state index in [-0.39, 0.29) is 13.0 Å². The Kier molecular flexibility index (Phi) is 6.30. The molecule has 2 N–H and O–H groups in total. The number of hydrogen-bond acceptors (Lipinski definition) is 5. The molecule has 0 aliphatic rings. The Hall–Kier alpha value is -0.260. The van der Waals surface area contributed by atoms with Gasteiger partial charge in [0.2, 0.25) is 0 Å². The number of ether oxygens (including phenoxy) is 1. The summed E-state index contributed by atoms with van der Waals surface area (Å²) in [4.78, 5) is 10.6. The maximum absolute atomic E-state index is 10.6. The van der Waals surface area contributed by atoms with Gasteiger partial charge in [-0.2, -0.15) is 12.6 Å². The van der Waals surface area contributed by atoms with Gasteiger partial charge < -0.3 is 14.9 Å². The van der Waals surface area contributed by atoms with Crippen molar-refractivity contribution in [2.24, 2.45) is 0 Å². The zero-order valence-corrected chi connectivity index (χ0v) is 6.96. The summed E-state index contributed by atoms with van der Waals surface area (Å²) in [6, 6.07) is 0. The summed E-state index contributed by atoms with van der Waals surface area (Å²) in [5.41, 5.74) is 0. The van der Waals surface area contributed by atoms with E-state index in [1.807, 2.05) is 0 Å². The molecule has 0 saturated carbocycles. The molecule has 11 heavy (non-hydrogen) atoms. The van der Waals surface area contributed by atoms with Gasteiger partial charge in [-0.1, -0.05) is 0 Å². The van der Waals surface area contributed by atoms with Crippen molar-refractivity contribution in [1.29, 1.82) is 0 Å². The average Bonchev–Trinajstić information content (AvgIpc) is 2.01. The molecule has 0 spiro atoms. The SMILES string of the molecule is O=C(CCS)OC[C@@H](O)CO. The molecule has 0 unspecified atom stereocenters. The van der Waals surface area contributed by atoms with Crippen molar-refractivity contribution in [2.45, 2.75) is 12.5 Å². The molecule has 0 fully saturated rings. The summed E-state index contributed by atoms with van der Waals surface area (Å²) < 4.78 is 4.54. The highest BCUT2D eigenvalue weighted by atomic mass is 32.1. The molecule has 0 radical (unpaired) electrons. The van der Waals surface area contributed by atoms with Gasteiger partial charge in [-0.3, -0.25) is 4.79 Å². The maximum atomic E-state index is 10.6. The molecular formula is C6H12O4S. The van der Waals surface area contributed by atoms with Crippen molar-refractivity contribution < 1.29 is 19.7 Å². The van der Waals surface area contributed by atoms with E-state index in [9.17, 15) is 4.79 Å². The molecule has 0 heterocycles. The molecule has 5 heteroatoms. The third-order valence-corrected chi connectivity index (χ3v) is 1.19. The Morgan fingerprint density at radius 1 is 1.64 bits per heavy atom. The van der Waals surface area contributed by atoms with Gasteiger partial charge in [-0.15, -0.1) is 0 Å². The van der Waals surface area contributed by atoms with E-state index < -0.39 is 18.7 Å². The maximum Gasteiger partial charge on any atom is 0.306 e. The number of aliphatic hydroxyl groups excluding tert-OH is 2. The highest BCUT2D eigenvalue weighted by molar-refractivity contribution is 7.80. The van der Waals surface area contributed by atoms with Crippen LogP contribution in [0.3, 0.4) is 0 Å². The number of carbonyl (C=O) groups excluding carboxylic acids is 1. The number of esters is 1. The molecule has 1 atom stereocenters. The second-order valence-corrected chi connectivity index (χ2v) is 2.44. The average molecular weight is 180 g/mol. The second-order valence-electron chi connectivity index (χ2n) is 1.99. The number of thiol groups is 1. The van der Waals surface area contributed by atoms with Gasteiger partial charge in [-0.05, 0) is 0 Å². The van der Waals surface area contributed by atoms with Crippen LogP contribution in [-0.2, 0) is 9.53 Å². The van der Waals surface area contributed by atoms with Crippen LogP contribution in [0.15, 0.2) is 0 Å². The van der Waals surface area contributed by atoms with Crippen molar-refractivity contribution in [3.8, 4) is 0 Å². The fourth-order valence-corrected chi connectivity index (χ4v) is 0.588. The molecule has 0 aliphatic heterocycles. The summed E-state index contributed by atoms with van der Waals surface area (Å²) in [5.74, 6) is 0.0149. The Morgan fingerprint density at radius 2 is 2.27 bits per heavy atom. The highest BCUT2D eigenvalue weighted by Crippen LogP contribution is 1.90. The van der Waals surface area contributed by atoms with E-state index in [0.717, 1.165) is 0 Å². The van der Waals surface area contributed by atoms with Crippen LogP contribution in [0.25, 0.3) is 0 Å². The third kappa shape index (κ3) is 6.15. The normalized spacial score (nSPS) is 12.6. The molecular weight excluding hydrogens is 168 g/mol. The summed E-state index contributed by atoms with van der Waals surface area (Å²) in [6.45, 7) is -0.544. The lowest BCUT2D eigenvalue weighted by Crippen LogP contribution is -2.21. The molecule has 0 aromatic carbocycles. The van der Waals surface area contributed by atoms with Gasteiger partial charge >= 0.3 is 5.97 Å². The van der Waals surface area contributed by atoms with Crippen LogP contribution in [0.1, 0.15) is 6.42 Å². The Bertz CT molecular complexity index is 117. The molecule has 0 bridgehead atoms. The summed E-state index contributed by atoms with van der Waals surface area (Å²) in [5, 5.41) is 17.0. The first-order valence-electron chi connectivity index (χ1n) is 3.26. The van der Waals surface area contributed by atoms with Gasteiger partial charge in [0.1, 0.15) is 12.7 Å². The van der Waals surface area contributed by atoms with Crippen molar-refractivity contribution >= 4 is 18.6 Å². The van der Waals surface area contributed by atoms with Crippen molar-refractivity contribution in [3.05, 3.63) is 0 Å². The van der Waals surface area contributed by atoms with Crippen LogP contribution < -0.4 is 0 Å². The largest absolute Gasteiger partial charge is 0.463 e. The van der Waals surface area contributed by atoms with Crippen LogP contribution >= 0.6 is 12.6 Å². The number of aliphatic hydroxyl groups is 2. The zero-order chi connectivity index (χ0) is 8.69. The van der Waals surface area contributed by atoms with Gasteiger partial charge in [0.15, 0.2) is 0 Å². The monoisotopic (exact) mass is 180 g/mol. The summed E-state index contributed by atoms with van der Waals surface area (Å²) in [7, 11) is 0. The van der Waals surface area contributed by atoms with E-state index >= 15 is 0 Å². The van der Waals surface area contributed by atoms with Crippen LogP contribution in [0.4, 0.5) is 0 Å². The molecule has 0 aliphatic carbocycles. The fraction of sp³-hybridized carbons (Fsp3) is 0.833. The van der Waals surface area contributed by atoms with E-state index in [1.54, 1.807) is 0 Å². The summed E-state index contributed by atoms with van der Waals surface area (Å²) in [6.07, 6.45) is -0.750. The Labute approximate surface area is 70.6 Å². The first-order chi connectivity index (χ1) is 5.20. The predicted molar refractivity (Wildman–Crippen MR) is 42.5 cm³/mol. The molecule has 0 amide bonds. The zero-order valence-electron chi connectivity index (χ0n) is 6.06. The van der Waals surface area contributed by atoms with Gasteiger partial charge in [0, 0.05) is 5.75 Å². The minimum Gasteiger partial charge on any atom is -0.463 e. The lowest BCUT2D eigenvalue weighted by Gasteiger charge is -2.07. The second kappa shape index (κ2) is 6.45. The molecule has 0 aromatic heterocycles. The van der Waals surface area contributed by atoms with Crippen molar-refractivity contribution in [2.75, 3.05) is 19.0 Å². The van der Waals surface area contributed by atoms with Crippen LogP contribution in [0.5, 0.6) is 0 Å². The van der Waals surface area contributed by atoms with E-state index in [0.29, 0.717) is 5.75 Å². The standard InChI is InChI=1S/C6H12O4S/c7-3-5(8)4-10-6(9)1-2-11/h5,7-8,11H,1-4H2/t5-/m0/s1. The van der Waals surface area contributed by atoms with Crippen LogP contribution in [-0.4, -0.2) is 41.3 Å². The fourth-order valence-electron chi connectivity index (χ4n) is 0.405. The van der Waals surface area contributed by atoms with Crippen LogP contribution in [0.2, 0.25) is 0 Å². The van der Waals surface area contributed by atoms with E-state index in [2.05, 4.69) is 17.4 Å². The first kappa shape index (κ1) is 10.7. The minimum absolute atomic E-state index is 0.150.